The third-order valence-corrected chi connectivity index (χ3v) is 5.60. The van der Waals surface area contributed by atoms with Crippen LogP contribution in [0.2, 0.25) is 0 Å². The minimum Gasteiger partial charge on any atom is -0.379 e. The molecule has 2 heterocycles. The summed E-state index contributed by atoms with van der Waals surface area (Å²) < 4.78 is 5.67. The molecule has 0 aromatic heterocycles. The number of hydrogen-bond acceptors (Lipinski definition) is 5. The van der Waals surface area contributed by atoms with E-state index in [1.807, 2.05) is 0 Å². The third kappa shape index (κ3) is 2.55. The average molecular weight is 297 g/mol. The van der Waals surface area contributed by atoms with Gasteiger partial charge in [0.05, 0.1) is 18.8 Å². The van der Waals surface area contributed by atoms with E-state index in [9.17, 15) is 4.79 Å². The van der Waals surface area contributed by atoms with Crippen molar-refractivity contribution in [2.75, 3.05) is 19.0 Å². The van der Waals surface area contributed by atoms with Crippen LogP contribution in [0.1, 0.15) is 32.6 Å². The Morgan fingerprint density at radius 2 is 2.50 bits per heavy atom. The highest BCUT2D eigenvalue weighted by Crippen LogP contribution is 2.51. The molecular formula is C14H23N3O2S. The molecule has 5 nitrogen and oxygen atoms in total. The fourth-order valence-corrected chi connectivity index (χ4v) is 4.37. The van der Waals surface area contributed by atoms with E-state index in [4.69, 9.17) is 15.5 Å². The first-order valence-corrected chi connectivity index (χ1v) is 8.49. The van der Waals surface area contributed by atoms with Gasteiger partial charge in [0, 0.05) is 30.1 Å². The van der Waals surface area contributed by atoms with Gasteiger partial charge in [0.25, 0.3) is 0 Å². The van der Waals surface area contributed by atoms with Crippen molar-refractivity contribution in [3.05, 3.63) is 0 Å². The predicted molar refractivity (Wildman–Crippen MR) is 80.7 cm³/mol. The van der Waals surface area contributed by atoms with Crippen molar-refractivity contribution in [2.45, 2.75) is 44.2 Å². The minimum atomic E-state index is -0.169. The van der Waals surface area contributed by atoms with Crippen molar-refractivity contribution in [2.24, 2.45) is 22.6 Å². The van der Waals surface area contributed by atoms with Crippen LogP contribution < -0.4 is 11.1 Å². The summed E-state index contributed by atoms with van der Waals surface area (Å²) in [5, 5.41) is 3.82. The van der Waals surface area contributed by atoms with Crippen LogP contribution in [0.25, 0.3) is 0 Å². The lowest BCUT2D eigenvalue weighted by Crippen LogP contribution is -2.46. The van der Waals surface area contributed by atoms with E-state index in [0.717, 1.165) is 31.6 Å². The summed E-state index contributed by atoms with van der Waals surface area (Å²) in [6, 6.07) is 0.267. The standard InChI is InChI=1S/C14H23N3O2S/c1-2-3-4-12(18)16-11-5-10(11)14-8-19-6-9(14)7-20-13(15)17-14/h9-11H,2-8H2,1H3,(H2,15,17)(H,16,18)/t9-,10+,11+,14-/m0/s1. The lowest BCUT2D eigenvalue weighted by Gasteiger charge is -2.34. The highest BCUT2D eigenvalue weighted by atomic mass is 32.2. The SMILES string of the molecule is CCCCC(=O)N[C@@H]1C[C@H]1[C@]12COC[C@H]1CSC(N)=N2. The Morgan fingerprint density at radius 3 is 3.30 bits per heavy atom. The molecule has 1 amide bonds. The van der Waals surface area contributed by atoms with E-state index in [-0.39, 0.29) is 17.5 Å². The van der Waals surface area contributed by atoms with Gasteiger partial charge in [0.15, 0.2) is 5.17 Å². The van der Waals surface area contributed by atoms with Gasteiger partial charge in [-0.3, -0.25) is 9.79 Å². The molecule has 112 valence electrons. The predicted octanol–water partition coefficient (Wildman–Crippen LogP) is 1.13. The van der Waals surface area contributed by atoms with Crippen molar-refractivity contribution in [1.29, 1.82) is 0 Å². The first-order valence-electron chi connectivity index (χ1n) is 7.51. The number of unbranched alkanes of at least 4 members (excludes halogenated alkanes) is 1. The number of carbonyl (C=O) groups excluding carboxylic acids is 1. The van der Waals surface area contributed by atoms with E-state index < -0.39 is 0 Å². The van der Waals surface area contributed by atoms with Gasteiger partial charge in [0.2, 0.25) is 5.91 Å². The molecule has 2 fully saturated rings. The number of hydrogen-bond donors (Lipinski definition) is 2. The zero-order valence-corrected chi connectivity index (χ0v) is 12.7. The summed E-state index contributed by atoms with van der Waals surface area (Å²) in [5.41, 5.74) is 5.76. The molecule has 0 aromatic carbocycles. The summed E-state index contributed by atoms with van der Waals surface area (Å²) in [6.07, 6.45) is 3.66. The van der Waals surface area contributed by atoms with Crippen molar-refractivity contribution < 1.29 is 9.53 Å². The van der Waals surface area contributed by atoms with E-state index in [2.05, 4.69) is 12.2 Å². The summed E-state index contributed by atoms with van der Waals surface area (Å²) in [6.45, 7) is 3.53. The quantitative estimate of drug-likeness (QED) is 0.797. The molecule has 4 atom stereocenters. The second kappa shape index (κ2) is 5.56. The van der Waals surface area contributed by atoms with Crippen LogP contribution in [0.4, 0.5) is 0 Å². The molecular weight excluding hydrogens is 274 g/mol. The number of rotatable bonds is 5. The molecule has 0 radical (unpaired) electrons. The molecule has 3 N–H and O–H groups in total. The molecule has 0 unspecified atom stereocenters. The van der Waals surface area contributed by atoms with Gasteiger partial charge in [-0.15, -0.1) is 0 Å². The van der Waals surface area contributed by atoms with Crippen LogP contribution >= 0.6 is 11.8 Å². The van der Waals surface area contributed by atoms with Crippen molar-refractivity contribution in [3.8, 4) is 0 Å². The van der Waals surface area contributed by atoms with Crippen LogP contribution in [0, 0.1) is 11.8 Å². The molecule has 0 spiro atoms. The van der Waals surface area contributed by atoms with Crippen LogP contribution in [-0.4, -0.2) is 41.6 Å². The lowest BCUT2D eigenvalue weighted by molar-refractivity contribution is -0.121. The maximum Gasteiger partial charge on any atom is 0.220 e. The molecule has 2 aliphatic heterocycles. The van der Waals surface area contributed by atoms with Gasteiger partial charge in [-0.05, 0) is 12.8 Å². The third-order valence-electron chi connectivity index (χ3n) is 4.65. The summed E-state index contributed by atoms with van der Waals surface area (Å²) in [7, 11) is 0. The normalized spacial score (nSPS) is 39.0. The van der Waals surface area contributed by atoms with E-state index in [0.29, 0.717) is 30.0 Å². The van der Waals surface area contributed by atoms with Crippen LogP contribution in [0.15, 0.2) is 4.99 Å². The Balaban J connectivity index is 1.62. The number of nitrogens with one attached hydrogen (secondary N) is 1. The number of thioether (sulfide) groups is 1. The summed E-state index contributed by atoms with van der Waals surface area (Å²) in [4.78, 5) is 16.6. The summed E-state index contributed by atoms with van der Waals surface area (Å²) in [5.74, 6) is 2.01. The van der Waals surface area contributed by atoms with Gasteiger partial charge in [-0.1, -0.05) is 25.1 Å². The highest BCUT2D eigenvalue weighted by Gasteiger charge is 2.60. The number of aliphatic imine (C=N–C) groups is 1. The second-order valence-electron chi connectivity index (χ2n) is 6.08. The number of nitrogens with zero attached hydrogens (tertiary/aromatic N) is 1. The molecule has 0 aromatic rings. The number of fused-ring (bicyclic) bond motifs is 1. The Bertz CT molecular complexity index is 429. The van der Waals surface area contributed by atoms with Crippen LogP contribution in [0.5, 0.6) is 0 Å². The number of carbonyl (C=O) groups is 1. The van der Waals surface area contributed by atoms with Crippen LogP contribution in [0.3, 0.4) is 0 Å². The Morgan fingerprint density at radius 1 is 1.65 bits per heavy atom. The minimum absolute atomic E-state index is 0.169. The first kappa shape index (κ1) is 14.2. The molecule has 6 heteroatoms. The fraction of sp³-hybridized carbons (Fsp3) is 0.857. The van der Waals surface area contributed by atoms with Crippen molar-refractivity contribution in [3.63, 3.8) is 0 Å². The molecule has 20 heavy (non-hydrogen) atoms. The maximum atomic E-state index is 11.8. The van der Waals surface area contributed by atoms with Crippen molar-refractivity contribution >= 4 is 22.8 Å². The number of nitrogens with two attached hydrogens (primary N) is 1. The second-order valence-corrected chi connectivity index (χ2v) is 7.12. The summed E-state index contributed by atoms with van der Waals surface area (Å²) >= 11 is 1.62. The monoisotopic (exact) mass is 297 g/mol. The Kier molecular flexibility index (Phi) is 3.95. The number of amides is 1. The van der Waals surface area contributed by atoms with Crippen LogP contribution in [-0.2, 0) is 9.53 Å². The molecule has 1 aliphatic carbocycles. The molecule has 1 saturated carbocycles. The van der Waals surface area contributed by atoms with E-state index >= 15 is 0 Å². The van der Waals surface area contributed by atoms with Gasteiger partial charge < -0.3 is 15.8 Å². The zero-order chi connectivity index (χ0) is 14.2. The smallest absolute Gasteiger partial charge is 0.220 e. The topological polar surface area (TPSA) is 76.7 Å². The highest BCUT2D eigenvalue weighted by molar-refractivity contribution is 8.13. The van der Waals surface area contributed by atoms with E-state index in [1.165, 1.54) is 0 Å². The van der Waals surface area contributed by atoms with Gasteiger partial charge in [-0.2, -0.15) is 0 Å². The van der Waals surface area contributed by atoms with Gasteiger partial charge in [0.1, 0.15) is 0 Å². The zero-order valence-electron chi connectivity index (χ0n) is 11.9. The van der Waals surface area contributed by atoms with Gasteiger partial charge in [-0.25, -0.2) is 0 Å². The number of amidine groups is 1. The Hall–Kier alpha value is -0.750. The first-order chi connectivity index (χ1) is 9.65. The largest absolute Gasteiger partial charge is 0.379 e. The molecule has 3 rings (SSSR count). The molecule has 1 saturated heterocycles. The molecule has 0 bridgehead atoms. The van der Waals surface area contributed by atoms with E-state index in [1.54, 1.807) is 11.8 Å². The lowest BCUT2D eigenvalue weighted by atomic mass is 9.83. The fourth-order valence-electron chi connectivity index (χ4n) is 3.38. The Labute approximate surface area is 124 Å². The molecule has 3 aliphatic rings. The maximum absolute atomic E-state index is 11.8. The van der Waals surface area contributed by atoms with Gasteiger partial charge >= 0.3 is 0 Å². The average Bonchev–Trinajstić information content (AvgIpc) is 3.06. The number of ether oxygens (including phenoxy) is 1. The van der Waals surface area contributed by atoms with Crippen molar-refractivity contribution in [1.82, 2.24) is 5.32 Å².